The maximum Gasteiger partial charge on any atom is 0.179 e. The van der Waals surface area contributed by atoms with Crippen molar-refractivity contribution in [1.82, 2.24) is 14.9 Å². The summed E-state index contributed by atoms with van der Waals surface area (Å²) in [6, 6.07) is 6.51. The number of hydrogen-bond donors (Lipinski definition) is 2. The van der Waals surface area contributed by atoms with E-state index in [9.17, 15) is 17.9 Å². The van der Waals surface area contributed by atoms with Crippen molar-refractivity contribution in [2.45, 2.75) is 42.7 Å². The fourth-order valence-electron chi connectivity index (χ4n) is 4.28. The third kappa shape index (κ3) is 4.90. The second-order valence-electron chi connectivity index (χ2n) is 8.74. The third-order valence-electron chi connectivity index (χ3n) is 6.17. The van der Waals surface area contributed by atoms with Crippen LogP contribution in [0.2, 0.25) is 5.02 Å². The number of rotatable bonds is 5. The zero-order valence-electron chi connectivity index (χ0n) is 18.6. The van der Waals surface area contributed by atoms with Gasteiger partial charge in [-0.1, -0.05) is 11.6 Å². The summed E-state index contributed by atoms with van der Waals surface area (Å²) in [5.41, 5.74) is 2.05. The van der Waals surface area contributed by atoms with E-state index in [4.69, 9.17) is 11.6 Å². The first-order valence-electron chi connectivity index (χ1n) is 10.7. The molecule has 1 saturated carbocycles. The van der Waals surface area contributed by atoms with E-state index >= 15 is 0 Å². The molecule has 176 valence electrons. The number of halogens is 2. The van der Waals surface area contributed by atoms with Crippen molar-refractivity contribution < 1.29 is 17.9 Å². The van der Waals surface area contributed by atoms with Gasteiger partial charge in [0, 0.05) is 30.1 Å². The van der Waals surface area contributed by atoms with Crippen LogP contribution in [0.4, 0.5) is 10.1 Å². The van der Waals surface area contributed by atoms with Gasteiger partial charge in [-0.25, -0.2) is 17.8 Å². The summed E-state index contributed by atoms with van der Waals surface area (Å²) in [6.45, 7) is 0. The number of nitrogens with one attached hydrogen (secondary N) is 1. The van der Waals surface area contributed by atoms with Crippen LogP contribution in [0.1, 0.15) is 25.7 Å². The zero-order chi connectivity index (χ0) is 23.9. The molecule has 1 fully saturated rings. The number of sulfone groups is 1. The molecular weight excluding hydrogens is 467 g/mol. The van der Waals surface area contributed by atoms with Crippen molar-refractivity contribution in [2.24, 2.45) is 0 Å². The van der Waals surface area contributed by atoms with Gasteiger partial charge in [0.25, 0.3) is 0 Å². The molecule has 0 saturated heterocycles. The van der Waals surface area contributed by atoms with Crippen LogP contribution >= 0.6 is 11.6 Å². The summed E-state index contributed by atoms with van der Waals surface area (Å²) in [4.78, 5) is 11.2. The van der Waals surface area contributed by atoms with Gasteiger partial charge in [-0.3, -0.25) is 4.98 Å². The summed E-state index contributed by atoms with van der Waals surface area (Å²) in [6.07, 6.45) is 6.30. The Morgan fingerprint density at radius 3 is 2.48 bits per heavy atom. The van der Waals surface area contributed by atoms with Crippen LogP contribution in [0.15, 0.2) is 35.4 Å². The Morgan fingerprint density at radius 2 is 1.88 bits per heavy atom. The number of aromatic nitrogens is 2. The molecule has 2 aromatic heterocycles. The Labute approximate surface area is 197 Å². The van der Waals surface area contributed by atoms with Crippen LogP contribution in [0, 0.1) is 5.82 Å². The minimum absolute atomic E-state index is 0.0734. The number of hydrogen-bond acceptors (Lipinski definition) is 7. The maximum atomic E-state index is 14.1. The van der Waals surface area contributed by atoms with Gasteiger partial charge in [-0.2, -0.15) is 0 Å². The highest BCUT2D eigenvalue weighted by Gasteiger charge is 2.26. The monoisotopic (exact) mass is 492 g/mol. The van der Waals surface area contributed by atoms with Crippen molar-refractivity contribution in [3.05, 3.63) is 41.3 Å². The lowest BCUT2D eigenvalue weighted by molar-refractivity contribution is 0.221. The molecule has 0 unspecified atom stereocenters. The second-order valence-corrected chi connectivity index (χ2v) is 11.1. The van der Waals surface area contributed by atoms with Gasteiger partial charge >= 0.3 is 0 Å². The normalized spacial score (nSPS) is 19.2. The summed E-state index contributed by atoms with van der Waals surface area (Å²) in [5, 5.41) is 12.9. The molecule has 2 N–H and O–H groups in total. The van der Waals surface area contributed by atoms with E-state index in [2.05, 4.69) is 34.3 Å². The fraction of sp³-hybridized carbons (Fsp3) is 0.391. The average molecular weight is 493 g/mol. The van der Waals surface area contributed by atoms with Crippen molar-refractivity contribution in [3.63, 3.8) is 0 Å². The van der Waals surface area contributed by atoms with E-state index in [1.165, 1.54) is 12.3 Å². The molecular formula is C23H26ClFN4O3S. The van der Waals surface area contributed by atoms with Gasteiger partial charge in [0.2, 0.25) is 0 Å². The molecule has 33 heavy (non-hydrogen) atoms. The number of phenols is 1. The van der Waals surface area contributed by atoms with Crippen molar-refractivity contribution in [3.8, 4) is 17.0 Å². The van der Waals surface area contributed by atoms with Gasteiger partial charge in [0.15, 0.2) is 21.4 Å². The molecule has 0 atom stereocenters. The summed E-state index contributed by atoms with van der Waals surface area (Å²) < 4.78 is 39.2. The molecule has 10 heteroatoms. The minimum atomic E-state index is -3.58. The Kier molecular flexibility index (Phi) is 6.48. The third-order valence-corrected chi connectivity index (χ3v) is 7.56. The van der Waals surface area contributed by atoms with E-state index in [0.29, 0.717) is 34.0 Å². The zero-order valence-corrected chi connectivity index (χ0v) is 20.2. The van der Waals surface area contributed by atoms with Crippen LogP contribution < -0.4 is 5.32 Å². The largest absolute Gasteiger partial charge is 0.504 e. The minimum Gasteiger partial charge on any atom is -0.504 e. The molecule has 0 amide bonds. The molecule has 1 aromatic carbocycles. The molecule has 1 aliphatic carbocycles. The number of phenolic OH excluding ortho intramolecular Hbond substituents is 1. The van der Waals surface area contributed by atoms with E-state index in [0.717, 1.165) is 38.0 Å². The number of benzene rings is 1. The van der Waals surface area contributed by atoms with Crippen molar-refractivity contribution >= 4 is 38.2 Å². The van der Waals surface area contributed by atoms with Gasteiger partial charge in [-0.15, -0.1) is 0 Å². The SMILES string of the molecule is CN(C)C1CCC(Nc2c(S(C)(=O)=O)cnc3ccc(-c4cc(F)c(O)c(Cl)c4)nc23)CC1. The Bertz CT molecular complexity index is 1290. The van der Waals surface area contributed by atoms with E-state index < -0.39 is 21.4 Å². The predicted octanol–water partition coefficient (Wildman–Crippen LogP) is 4.48. The first kappa shape index (κ1) is 23.7. The van der Waals surface area contributed by atoms with Gasteiger partial charge in [-0.05, 0) is 64.0 Å². The lowest BCUT2D eigenvalue weighted by Crippen LogP contribution is -2.36. The number of nitrogens with zero attached hydrogens (tertiary/aromatic N) is 3. The highest BCUT2D eigenvalue weighted by atomic mass is 35.5. The lowest BCUT2D eigenvalue weighted by Gasteiger charge is -2.33. The molecule has 3 aromatic rings. The second kappa shape index (κ2) is 9.04. The predicted molar refractivity (Wildman–Crippen MR) is 128 cm³/mol. The summed E-state index contributed by atoms with van der Waals surface area (Å²) in [7, 11) is 0.556. The quantitative estimate of drug-likeness (QED) is 0.542. The fourth-order valence-corrected chi connectivity index (χ4v) is 5.26. The lowest BCUT2D eigenvalue weighted by atomic mass is 9.90. The standard InChI is InChI=1S/C23H26ClFN4O3S/c1-29(2)15-6-4-14(5-7-15)27-22-20(33(3,31)32)12-26-19-9-8-18(28-21(19)22)13-10-16(24)23(30)17(25)11-13/h8-12,14-15,30H,4-7H2,1-3H3,(H,26,27). The highest BCUT2D eigenvalue weighted by molar-refractivity contribution is 7.90. The Hall–Kier alpha value is -2.49. The molecule has 0 aliphatic heterocycles. The number of anilines is 1. The van der Waals surface area contributed by atoms with Crippen LogP contribution in [-0.4, -0.2) is 60.8 Å². The van der Waals surface area contributed by atoms with E-state index in [1.807, 2.05) is 0 Å². The number of pyridine rings is 2. The number of aromatic hydroxyl groups is 1. The Balaban J connectivity index is 1.80. The molecule has 4 rings (SSSR count). The van der Waals surface area contributed by atoms with Crippen LogP contribution in [-0.2, 0) is 9.84 Å². The smallest absolute Gasteiger partial charge is 0.179 e. The van der Waals surface area contributed by atoms with Gasteiger partial charge < -0.3 is 15.3 Å². The van der Waals surface area contributed by atoms with E-state index in [-0.39, 0.29) is 16.0 Å². The van der Waals surface area contributed by atoms with Crippen LogP contribution in [0.25, 0.3) is 22.3 Å². The average Bonchev–Trinajstić information content (AvgIpc) is 2.76. The molecule has 0 spiro atoms. The summed E-state index contributed by atoms with van der Waals surface area (Å²) in [5.74, 6) is -1.49. The van der Waals surface area contributed by atoms with Crippen molar-refractivity contribution in [1.29, 1.82) is 0 Å². The highest BCUT2D eigenvalue weighted by Crippen LogP contribution is 2.35. The van der Waals surface area contributed by atoms with Crippen molar-refractivity contribution in [2.75, 3.05) is 25.7 Å². The number of fused-ring (bicyclic) bond motifs is 1. The Morgan fingerprint density at radius 1 is 1.18 bits per heavy atom. The van der Waals surface area contributed by atoms with Gasteiger partial charge in [0.05, 0.1) is 21.9 Å². The first-order chi connectivity index (χ1) is 15.5. The molecule has 0 bridgehead atoms. The summed E-state index contributed by atoms with van der Waals surface area (Å²) >= 11 is 5.94. The van der Waals surface area contributed by atoms with Gasteiger partial charge in [0.1, 0.15) is 10.4 Å². The molecule has 0 radical (unpaired) electrons. The first-order valence-corrected chi connectivity index (χ1v) is 12.9. The molecule has 7 nitrogen and oxygen atoms in total. The molecule has 1 aliphatic rings. The topological polar surface area (TPSA) is 95.4 Å². The van der Waals surface area contributed by atoms with E-state index in [1.54, 1.807) is 12.1 Å². The van der Waals surface area contributed by atoms with Crippen LogP contribution in [0.5, 0.6) is 5.75 Å². The van der Waals surface area contributed by atoms with Crippen LogP contribution in [0.3, 0.4) is 0 Å². The molecule has 2 heterocycles. The maximum absolute atomic E-state index is 14.1.